The highest BCUT2D eigenvalue weighted by molar-refractivity contribution is 5.66. The Hall–Kier alpha value is -2.05. The lowest BCUT2D eigenvalue weighted by atomic mass is 10.0. The standard InChI is InChI=1S/C20H28N4O2/c1-21-17-5-3-8-24(14-17)13-16-12-23(2)22-20(16)15-6-7-18-19(11-15)26-10-4-9-25-18/h6-7,11-12,17,21H,3-5,8-10,13-14H2,1-2H3. The molecule has 1 atom stereocenters. The molecule has 1 N–H and O–H groups in total. The molecule has 26 heavy (non-hydrogen) atoms. The van der Waals surface area contributed by atoms with Crippen LogP contribution in [0.3, 0.4) is 0 Å². The molecular formula is C20H28N4O2. The van der Waals surface area contributed by atoms with E-state index in [1.807, 2.05) is 17.8 Å². The summed E-state index contributed by atoms with van der Waals surface area (Å²) < 4.78 is 13.5. The van der Waals surface area contributed by atoms with Gasteiger partial charge in [0.1, 0.15) is 0 Å². The van der Waals surface area contributed by atoms with Crippen molar-refractivity contribution >= 4 is 0 Å². The number of rotatable bonds is 4. The summed E-state index contributed by atoms with van der Waals surface area (Å²) in [6, 6.07) is 6.75. The Morgan fingerprint density at radius 2 is 2.04 bits per heavy atom. The van der Waals surface area contributed by atoms with E-state index in [0.717, 1.165) is 48.8 Å². The number of fused-ring (bicyclic) bond motifs is 1. The van der Waals surface area contributed by atoms with E-state index in [9.17, 15) is 0 Å². The van der Waals surface area contributed by atoms with Crippen molar-refractivity contribution in [3.63, 3.8) is 0 Å². The first-order valence-electron chi connectivity index (χ1n) is 9.55. The Labute approximate surface area is 155 Å². The van der Waals surface area contributed by atoms with Gasteiger partial charge < -0.3 is 14.8 Å². The monoisotopic (exact) mass is 356 g/mol. The number of hydrogen-bond donors (Lipinski definition) is 1. The van der Waals surface area contributed by atoms with Gasteiger partial charge in [-0.15, -0.1) is 0 Å². The predicted octanol–water partition coefficient (Wildman–Crippen LogP) is 2.43. The highest BCUT2D eigenvalue weighted by Gasteiger charge is 2.21. The first kappa shape index (κ1) is 17.4. The Morgan fingerprint density at radius 1 is 1.19 bits per heavy atom. The van der Waals surface area contributed by atoms with Crippen molar-refractivity contribution in [1.29, 1.82) is 0 Å². The zero-order valence-electron chi connectivity index (χ0n) is 15.7. The number of piperidine rings is 1. The van der Waals surface area contributed by atoms with Gasteiger partial charge in [-0.25, -0.2) is 0 Å². The summed E-state index contributed by atoms with van der Waals surface area (Å²) >= 11 is 0. The number of ether oxygens (including phenoxy) is 2. The molecule has 6 heteroatoms. The molecule has 1 saturated heterocycles. The minimum absolute atomic E-state index is 0.585. The summed E-state index contributed by atoms with van der Waals surface area (Å²) in [5.41, 5.74) is 3.39. The predicted molar refractivity (Wildman–Crippen MR) is 102 cm³/mol. The van der Waals surface area contributed by atoms with Crippen LogP contribution in [0.2, 0.25) is 0 Å². The van der Waals surface area contributed by atoms with E-state index in [2.05, 4.69) is 35.6 Å². The first-order valence-corrected chi connectivity index (χ1v) is 9.55. The average Bonchev–Trinajstić information content (AvgIpc) is 2.87. The van der Waals surface area contributed by atoms with Crippen LogP contribution < -0.4 is 14.8 Å². The van der Waals surface area contributed by atoms with Crippen LogP contribution in [0.25, 0.3) is 11.3 Å². The largest absolute Gasteiger partial charge is 0.490 e. The number of hydrogen-bond acceptors (Lipinski definition) is 5. The van der Waals surface area contributed by atoms with Crippen LogP contribution in [0.15, 0.2) is 24.4 Å². The lowest BCUT2D eigenvalue weighted by molar-refractivity contribution is 0.188. The SMILES string of the molecule is CNC1CCCN(Cc2cn(C)nc2-c2ccc3c(c2)OCCCO3)C1. The van der Waals surface area contributed by atoms with Gasteiger partial charge in [0.05, 0.1) is 18.9 Å². The van der Waals surface area contributed by atoms with E-state index in [1.54, 1.807) is 0 Å². The number of likely N-dealkylation sites (tertiary alicyclic amines) is 1. The second-order valence-electron chi connectivity index (χ2n) is 7.25. The van der Waals surface area contributed by atoms with Gasteiger partial charge in [-0.2, -0.15) is 5.10 Å². The third kappa shape index (κ3) is 3.71. The first-order chi connectivity index (χ1) is 12.7. The Kier molecular flexibility index (Phi) is 5.13. The fourth-order valence-corrected chi connectivity index (χ4v) is 3.88. The number of aromatic nitrogens is 2. The van der Waals surface area contributed by atoms with Gasteiger partial charge in [-0.3, -0.25) is 9.58 Å². The van der Waals surface area contributed by atoms with Crippen LogP contribution in [0.5, 0.6) is 11.5 Å². The molecule has 0 spiro atoms. The van der Waals surface area contributed by atoms with E-state index in [-0.39, 0.29) is 0 Å². The maximum Gasteiger partial charge on any atom is 0.161 e. The van der Waals surface area contributed by atoms with Crippen molar-refractivity contribution in [2.24, 2.45) is 7.05 Å². The summed E-state index contributed by atoms with van der Waals surface area (Å²) in [4.78, 5) is 2.52. The van der Waals surface area contributed by atoms with Crippen molar-refractivity contribution in [3.05, 3.63) is 30.0 Å². The zero-order valence-corrected chi connectivity index (χ0v) is 15.7. The molecule has 6 nitrogen and oxygen atoms in total. The number of aryl methyl sites for hydroxylation is 1. The molecule has 3 heterocycles. The lowest BCUT2D eigenvalue weighted by Crippen LogP contribution is -2.43. The molecule has 2 aliphatic rings. The van der Waals surface area contributed by atoms with Gasteiger partial charge in [0.2, 0.25) is 0 Å². The average molecular weight is 356 g/mol. The van der Waals surface area contributed by atoms with Crippen molar-refractivity contribution in [3.8, 4) is 22.8 Å². The third-order valence-electron chi connectivity index (χ3n) is 5.23. The van der Waals surface area contributed by atoms with Gasteiger partial charge in [0.25, 0.3) is 0 Å². The zero-order chi connectivity index (χ0) is 17.9. The van der Waals surface area contributed by atoms with E-state index >= 15 is 0 Å². The minimum Gasteiger partial charge on any atom is -0.490 e. The lowest BCUT2D eigenvalue weighted by Gasteiger charge is -2.32. The van der Waals surface area contributed by atoms with Crippen molar-refractivity contribution < 1.29 is 9.47 Å². The maximum absolute atomic E-state index is 5.86. The number of likely N-dealkylation sites (N-methyl/N-ethyl adjacent to an activating group) is 1. The molecule has 0 bridgehead atoms. The minimum atomic E-state index is 0.585. The van der Waals surface area contributed by atoms with E-state index in [0.29, 0.717) is 19.3 Å². The maximum atomic E-state index is 5.86. The molecule has 1 aromatic heterocycles. The quantitative estimate of drug-likeness (QED) is 0.912. The Balaban J connectivity index is 1.58. The molecule has 1 aromatic carbocycles. The molecule has 4 rings (SSSR count). The van der Waals surface area contributed by atoms with Crippen LogP contribution >= 0.6 is 0 Å². The highest BCUT2D eigenvalue weighted by Crippen LogP contribution is 2.35. The van der Waals surface area contributed by atoms with Crippen molar-refractivity contribution in [2.45, 2.75) is 31.8 Å². The van der Waals surface area contributed by atoms with Crippen LogP contribution in [0.1, 0.15) is 24.8 Å². The summed E-state index contributed by atoms with van der Waals surface area (Å²) in [6.45, 7) is 4.57. The molecule has 140 valence electrons. The Bertz CT molecular complexity index is 758. The third-order valence-corrected chi connectivity index (χ3v) is 5.23. The van der Waals surface area contributed by atoms with E-state index in [4.69, 9.17) is 14.6 Å². The Morgan fingerprint density at radius 3 is 2.88 bits per heavy atom. The molecule has 0 aliphatic carbocycles. The van der Waals surface area contributed by atoms with Crippen LogP contribution in [-0.2, 0) is 13.6 Å². The van der Waals surface area contributed by atoms with Gasteiger partial charge in [-0.05, 0) is 44.6 Å². The van der Waals surface area contributed by atoms with Crippen LogP contribution in [-0.4, -0.2) is 54.1 Å². The summed E-state index contributed by atoms with van der Waals surface area (Å²) in [5, 5.41) is 8.15. The van der Waals surface area contributed by atoms with Gasteiger partial charge in [-0.1, -0.05) is 0 Å². The van der Waals surface area contributed by atoms with Crippen molar-refractivity contribution in [1.82, 2.24) is 20.0 Å². The molecule has 0 amide bonds. The van der Waals surface area contributed by atoms with Gasteiger partial charge in [0, 0.05) is 49.9 Å². The summed E-state index contributed by atoms with van der Waals surface area (Å²) in [7, 11) is 4.05. The molecule has 0 saturated carbocycles. The van der Waals surface area contributed by atoms with Crippen LogP contribution in [0, 0.1) is 0 Å². The molecule has 0 radical (unpaired) electrons. The second-order valence-corrected chi connectivity index (χ2v) is 7.25. The fourth-order valence-electron chi connectivity index (χ4n) is 3.88. The molecule has 2 aliphatic heterocycles. The molecule has 1 fully saturated rings. The number of nitrogens with zero attached hydrogens (tertiary/aromatic N) is 3. The fraction of sp³-hybridized carbons (Fsp3) is 0.550. The smallest absolute Gasteiger partial charge is 0.161 e. The number of nitrogens with one attached hydrogen (secondary N) is 1. The van der Waals surface area contributed by atoms with Gasteiger partial charge in [0.15, 0.2) is 11.5 Å². The second kappa shape index (κ2) is 7.68. The topological polar surface area (TPSA) is 51.6 Å². The van der Waals surface area contributed by atoms with Crippen molar-refractivity contribution in [2.75, 3.05) is 33.4 Å². The molecular weight excluding hydrogens is 328 g/mol. The summed E-state index contributed by atoms with van der Waals surface area (Å²) in [5.74, 6) is 1.65. The summed E-state index contributed by atoms with van der Waals surface area (Å²) in [6.07, 6.45) is 5.56. The normalized spacial score (nSPS) is 20.8. The number of benzene rings is 1. The molecule has 1 unspecified atom stereocenters. The van der Waals surface area contributed by atoms with E-state index in [1.165, 1.54) is 18.4 Å². The molecule has 2 aromatic rings. The van der Waals surface area contributed by atoms with Crippen LogP contribution in [0.4, 0.5) is 0 Å². The van der Waals surface area contributed by atoms with E-state index < -0.39 is 0 Å². The van der Waals surface area contributed by atoms with Gasteiger partial charge >= 0.3 is 0 Å². The highest BCUT2D eigenvalue weighted by atomic mass is 16.5.